The number of hydrogen-bond donors (Lipinski definition) is 2. The molecule has 1 aromatic carbocycles. The van der Waals surface area contributed by atoms with Crippen LogP contribution in [0.5, 0.6) is 5.75 Å². The largest absolute Gasteiger partial charge is 0.508 e. The number of aromatic nitrogens is 3. The number of benzene rings is 1. The monoisotopic (exact) mass is 382 g/mol. The summed E-state index contributed by atoms with van der Waals surface area (Å²) in [6, 6.07) is 10.8. The van der Waals surface area contributed by atoms with Gasteiger partial charge >= 0.3 is 0 Å². The van der Waals surface area contributed by atoms with Gasteiger partial charge in [0.15, 0.2) is 0 Å². The zero-order valence-electron chi connectivity index (χ0n) is 16.3. The van der Waals surface area contributed by atoms with E-state index in [1.807, 2.05) is 25.2 Å². The first-order valence-corrected chi connectivity index (χ1v) is 9.53. The van der Waals surface area contributed by atoms with Crippen LogP contribution < -0.4 is 10.9 Å². The van der Waals surface area contributed by atoms with E-state index in [4.69, 9.17) is 0 Å². The number of imidazole rings is 1. The van der Waals surface area contributed by atoms with Crippen LogP contribution in [0.3, 0.4) is 0 Å². The second kappa shape index (κ2) is 8.73. The first kappa shape index (κ1) is 19.7. The molecule has 3 aromatic rings. The average Bonchev–Trinajstić information content (AvgIpc) is 2.97. The van der Waals surface area contributed by atoms with E-state index >= 15 is 0 Å². The summed E-state index contributed by atoms with van der Waals surface area (Å²) in [5, 5.41) is 12.3. The number of aryl methyl sites for hydroxylation is 3. The van der Waals surface area contributed by atoms with Gasteiger partial charge in [-0.3, -0.25) is 9.59 Å². The Morgan fingerprint density at radius 3 is 2.75 bits per heavy atom. The number of para-hydroxylation sites is 2. The number of carbonyl (C=O) groups is 1. The first-order chi connectivity index (χ1) is 13.5. The minimum Gasteiger partial charge on any atom is -0.508 e. The zero-order valence-corrected chi connectivity index (χ0v) is 16.3. The van der Waals surface area contributed by atoms with Gasteiger partial charge in [-0.15, -0.1) is 0 Å². The number of carbonyl (C=O) groups excluding carboxylic acids is 1. The molecule has 0 aliphatic rings. The first-order valence-electron chi connectivity index (χ1n) is 9.53. The number of amides is 1. The number of nitrogens with zero attached hydrogens (tertiary/aromatic N) is 3. The fourth-order valence-electron chi connectivity index (χ4n) is 3.38. The van der Waals surface area contributed by atoms with Gasteiger partial charge in [-0.25, -0.2) is 4.98 Å². The van der Waals surface area contributed by atoms with E-state index < -0.39 is 0 Å². The summed E-state index contributed by atoms with van der Waals surface area (Å²) in [5.74, 6) is 0.962. The molecule has 0 aliphatic carbocycles. The lowest BCUT2D eigenvalue weighted by Crippen LogP contribution is -2.26. The third kappa shape index (κ3) is 4.60. The lowest BCUT2D eigenvalue weighted by molar-refractivity contribution is -0.121. The third-order valence-corrected chi connectivity index (χ3v) is 4.88. The van der Waals surface area contributed by atoms with Crippen LogP contribution in [0.15, 0.2) is 41.2 Å². The van der Waals surface area contributed by atoms with Crippen LogP contribution >= 0.6 is 0 Å². The molecule has 0 saturated carbocycles. The van der Waals surface area contributed by atoms with Gasteiger partial charge in [0.05, 0.1) is 11.0 Å². The highest BCUT2D eigenvalue weighted by Crippen LogP contribution is 2.15. The molecular formula is C21H26N4O3. The molecule has 2 heterocycles. The summed E-state index contributed by atoms with van der Waals surface area (Å²) in [6.07, 6.45) is 2.55. The molecule has 0 bridgehead atoms. The number of pyridine rings is 1. The van der Waals surface area contributed by atoms with Crippen LogP contribution in [-0.4, -0.2) is 31.7 Å². The molecule has 0 aliphatic heterocycles. The Hall–Kier alpha value is -3.09. The van der Waals surface area contributed by atoms with Crippen molar-refractivity contribution in [3.63, 3.8) is 0 Å². The van der Waals surface area contributed by atoms with Crippen molar-refractivity contribution in [1.82, 2.24) is 19.4 Å². The lowest BCUT2D eigenvalue weighted by Gasteiger charge is -2.10. The van der Waals surface area contributed by atoms with Crippen molar-refractivity contribution in [3.8, 4) is 5.75 Å². The number of rotatable bonds is 8. The molecule has 0 spiro atoms. The maximum atomic E-state index is 12.0. The highest BCUT2D eigenvalue weighted by atomic mass is 16.3. The summed E-state index contributed by atoms with van der Waals surface area (Å²) in [4.78, 5) is 28.5. The molecule has 7 heteroatoms. The van der Waals surface area contributed by atoms with E-state index in [2.05, 4.69) is 20.9 Å². The Kier molecular flexibility index (Phi) is 6.13. The van der Waals surface area contributed by atoms with Gasteiger partial charge in [-0.1, -0.05) is 12.1 Å². The third-order valence-electron chi connectivity index (χ3n) is 4.88. The molecule has 7 nitrogen and oxygen atoms in total. The van der Waals surface area contributed by atoms with Gasteiger partial charge < -0.3 is 19.6 Å². The van der Waals surface area contributed by atoms with Crippen molar-refractivity contribution >= 4 is 16.9 Å². The summed E-state index contributed by atoms with van der Waals surface area (Å²) in [6.45, 7) is 2.82. The van der Waals surface area contributed by atoms with Crippen LogP contribution in [-0.2, 0) is 24.8 Å². The lowest BCUT2D eigenvalue weighted by atomic mass is 10.2. The van der Waals surface area contributed by atoms with Crippen molar-refractivity contribution in [1.29, 1.82) is 0 Å². The van der Waals surface area contributed by atoms with Gasteiger partial charge in [0, 0.05) is 44.7 Å². The molecular weight excluding hydrogens is 356 g/mol. The molecule has 2 N–H and O–H groups in total. The molecule has 0 fully saturated rings. The van der Waals surface area contributed by atoms with Crippen molar-refractivity contribution in [3.05, 3.63) is 58.3 Å². The summed E-state index contributed by atoms with van der Waals surface area (Å²) < 4.78 is 3.66. The molecule has 148 valence electrons. The minimum atomic E-state index is -0.250. The average molecular weight is 382 g/mol. The maximum absolute atomic E-state index is 12.0. The Morgan fingerprint density at radius 1 is 1.21 bits per heavy atom. The minimum absolute atomic E-state index is 0.0190. The summed E-state index contributed by atoms with van der Waals surface area (Å²) in [7, 11) is 2.01. The van der Waals surface area contributed by atoms with Gasteiger partial charge in [0.25, 0.3) is 5.56 Å². The smallest absolute Gasteiger partial charge is 0.254 e. The molecule has 28 heavy (non-hydrogen) atoms. The Morgan fingerprint density at radius 2 is 2.00 bits per heavy atom. The summed E-state index contributed by atoms with van der Waals surface area (Å²) in [5.41, 5.74) is 2.54. The van der Waals surface area contributed by atoms with Crippen LogP contribution in [0.25, 0.3) is 11.0 Å². The normalized spacial score (nSPS) is 11.1. The molecule has 3 rings (SSSR count). The Labute approximate surface area is 163 Å². The molecule has 0 atom stereocenters. The predicted molar refractivity (Wildman–Crippen MR) is 108 cm³/mol. The Balaban J connectivity index is 1.40. The highest BCUT2D eigenvalue weighted by Gasteiger charge is 2.08. The van der Waals surface area contributed by atoms with Crippen molar-refractivity contribution in [2.45, 2.75) is 39.2 Å². The predicted octanol–water partition coefficient (Wildman–Crippen LogP) is 2.28. The van der Waals surface area contributed by atoms with Gasteiger partial charge in [0.2, 0.25) is 5.91 Å². The number of fused-ring (bicyclic) bond motifs is 1. The molecule has 0 saturated heterocycles. The van der Waals surface area contributed by atoms with Gasteiger partial charge in [-0.05, 0) is 38.0 Å². The summed E-state index contributed by atoms with van der Waals surface area (Å²) >= 11 is 0. The van der Waals surface area contributed by atoms with Gasteiger partial charge in [-0.2, -0.15) is 0 Å². The standard InChI is InChI=1S/C21H26N4O3/c1-15-13-16(26)14-21(28)25(15)12-6-10-20(27)22-11-5-9-19-23-17-7-3-4-8-18(17)24(19)2/h3-4,7-8,13-14,26H,5-6,9-12H2,1-2H3,(H,22,27). The second-order valence-electron chi connectivity index (χ2n) is 6.98. The van der Waals surface area contributed by atoms with Crippen molar-refractivity contribution in [2.75, 3.05) is 6.54 Å². The molecule has 0 radical (unpaired) electrons. The molecule has 0 unspecified atom stereocenters. The van der Waals surface area contributed by atoms with E-state index in [1.165, 1.54) is 6.07 Å². The van der Waals surface area contributed by atoms with Crippen molar-refractivity contribution < 1.29 is 9.90 Å². The molecule has 2 aromatic heterocycles. The van der Waals surface area contributed by atoms with Crippen LogP contribution in [0.1, 0.15) is 30.8 Å². The molecule has 1 amide bonds. The van der Waals surface area contributed by atoms with Crippen LogP contribution in [0, 0.1) is 6.92 Å². The number of nitrogens with one attached hydrogen (secondary N) is 1. The number of hydrogen-bond acceptors (Lipinski definition) is 4. The van der Waals surface area contributed by atoms with Crippen molar-refractivity contribution in [2.24, 2.45) is 7.05 Å². The fraction of sp³-hybridized carbons (Fsp3) is 0.381. The number of aromatic hydroxyl groups is 1. The van der Waals surface area contributed by atoms with Crippen LogP contribution in [0.4, 0.5) is 0 Å². The Bertz CT molecular complexity index is 1040. The van der Waals surface area contributed by atoms with E-state index in [9.17, 15) is 14.7 Å². The fourth-order valence-corrected chi connectivity index (χ4v) is 3.38. The van der Waals surface area contributed by atoms with E-state index in [0.29, 0.717) is 31.6 Å². The van der Waals surface area contributed by atoms with E-state index in [0.717, 1.165) is 29.7 Å². The SMILES string of the molecule is Cc1cc(O)cc(=O)n1CCCC(=O)NCCCc1nc2ccccc2n1C. The van der Waals surface area contributed by atoms with E-state index in [1.54, 1.807) is 17.6 Å². The quantitative estimate of drug-likeness (QED) is 0.585. The second-order valence-corrected chi connectivity index (χ2v) is 6.98. The topological polar surface area (TPSA) is 89.2 Å². The van der Waals surface area contributed by atoms with Crippen LogP contribution in [0.2, 0.25) is 0 Å². The van der Waals surface area contributed by atoms with E-state index in [-0.39, 0.29) is 17.2 Å². The highest BCUT2D eigenvalue weighted by molar-refractivity contribution is 5.76. The maximum Gasteiger partial charge on any atom is 0.254 e. The van der Waals surface area contributed by atoms with Gasteiger partial charge in [0.1, 0.15) is 11.6 Å². The zero-order chi connectivity index (χ0) is 20.1.